The molecule has 0 spiro atoms. The Kier molecular flexibility index (Phi) is 4.38. The van der Waals surface area contributed by atoms with Crippen LogP contribution in [0, 0.1) is 0 Å². The van der Waals surface area contributed by atoms with Gasteiger partial charge in [-0.1, -0.05) is 65.8 Å². The molecule has 1 aliphatic heterocycles. The Hall–Kier alpha value is -2.46. The summed E-state index contributed by atoms with van der Waals surface area (Å²) in [4.78, 5) is 6.97. The molecule has 0 amide bonds. The molecule has 4 heteroatoms. The summed E-state index contributed by atoms with van der Waals surface area (Å²) in [6.45, 7) is 2.86. The molecular formula is C20H21N3O. The van der Waals surface area contributed by atoms with Crippen molar-refractivity contribution < 1.29 is 4.52 Å². The molecule has 3 aromatic rings. The predicted octanol–water partition coefficient (Wildman–Crippen LogP) is 4.12. The first-order valence-corrected chi connectivity index (χ1v) is 8.54. The molecule has 122 valence electrons. The average molecular weight is 319 g/mol. The standard InChI is InChI=1S/C20H21N3O/c1-3-8-16(9-4-1)18-12-7-13-23(14-18)15-19-21-20(22-24-19)17-10-5-2-6-11-17/h1-6,8-11,18H,7,12-15H2/t18-/m1/s1. The summed E-state index contributed by atoms with van der Waals surface area (Å²) in [6.07, 6.45) is 2.46. The minimum absolute atomic E-state index is 0.594. The molecule has 0 bridgehead atoms. The molecule has 0 saturated carbocycles. The van der Waals surface area contributed by atoms with Gasteiger partial charge < -0.3 is 4.52 Å². The molecule has 2 aromatic carbocycles. The fraction of sp³-hybridized carbons (Fsp3) is 0.300. The van der Waals surface area contributed by atoms with E-state index in [0.717, 1.165) is 25.2 Å². The molecule has 1 aliphatic rings. The zero-order chi connectivity index (χ0) is 16.2. The van der Waals surface area contributed by atoms with Crippen molar-refractivity contribution in [2.24, 2.45) is 0 Å². The third-order valence-corrected chi connectivity index (χ3v) is 4.64. The zero-order valence-corrected chi connectivity index (χ0v) is 13.6. The lowest BCUT2D eigenvalue weighted by molar-refractivity contribution is 0.177. The van der Waals surface area contributed by atoms with Crippen LogP contribution in [0.25, 0.3) is 11.4 Å². The summed E-state index contributed by atoms with van der Waals surface area (Å²) in [5.74, 6) is 1.96. The highest BCUT2D eigenvalue weighted by Gasteiger charge is 2.22. The van der Waals surface area contributed by atoms with Gasteiger partial charge in [0.2, 0.25) is 11.7 Å². The maximum absolute atomic E-state index is 5.46. The Balaban J connectivity index is 1.43. The quantitative estimate of drug-likeness (QED) is 0.725. The Morgan fingerprint density at radius 3 is 2.54 bits per heavy atom. The number of rotatable bonds is 4. The Morgan fingerprint density at radius 2 is 1.75 bits per heavy atom. The lowest BCUT2D eigenvalue weighted by Crippen LogP contribution is -2.33. The van der Waals surface area contributed by atoms with E-state index in [2.05, 4.69) is 45.4 Å². The SMILES string of the molecule is c1ccc(-c2noc(CN3CCC[C@@H](c4ccccc4)C3)n2)cc1. The summed E-state index contributed by atoms with van der Waals surface area (Å²) >= 11 is 0. The molecule has 2 heterocycles. The summed E-state index contributed by atoms with van der Waals surface area (Å²) in [5.41, 5.74) is 2.42. The molecular weight excluding hydrogens is 298 g/mol. The second-order valence-electron chi connectivity index (χ2n) is 6.36. The highest BCUT2D eigenvalue weighted by Crippen LogP contribution is 2.27. The maximum Gasteiger partial charge on any atom is 0.241 e. The van der Waals surface area contributed by atoms with Crippen LogP contribution < -0.4 is 0 Å². The fourth-order valence-electron chi connectivity index (χ4n) is 3.41. The van der Waals surface area contributed by atoms with Crippen molar-refractivity contribution in [2.75, 3.05) is 13.1 Å². The van der Waals surface area contributed by atoms with Crippen LogP contribution in [0.5, 0.6) is 0 Å². The van der Waals surface area contributed by atoms with E-state index in [1.165, 1.54) is 18.4 Å². The molecule has 0 radical (unpaired) electrons. The first-order valence-electron chi connectivity index (χ1n) is 8.54. The van der Waals surface area contributed by atoms with Crippen LogP contribution in [0.15, 0.2) is 65.2 Å². The summed E-state index contributed by atoms with van der Waals surface area (Å²) in [6, 6.07) is 20.7. The Bertz CT molecular complexity index is 770. The van der Waals surface area contributed by atoms with Gasteiger partial charge in [0, 0.05) is 12.1 Å². The monoisotopic (exact) mass is 319 g/mol. The van der Waals surface area contributed by atoms with Crippen LogP contribution in [-0.4, -0.2) is 28.1 Å². The van der Waals surface area contributed by atoms with Crippen LogP contribution in [0.3, 0.4) is 0 Å². The highest BCUT2D eigenvalue weighted by atomic mass is 16.5. The van der Waals surface area contributed by atoms with Gasteiger partial charge in [0.25, 0.3) is 0 Å². The lowest BCUT2D eigenvalue weighted by atomic mass is 9.91. The van der Waals surface area contributed by atoms with Gasteiger partial charge in [0.05, 0.1) is 6.54 Å². The fourth-order valence-corrected chi connectivity index (χ4v) is 3.41. The van der Waals surface area contributed by atoms with Gasteiger partial charge in [-0.25, -0.2) is 0 Å². The number of likely N-dealkylation sites (tertiary alicyclic amines) is 1. The number of aromatic nitrogens is 2. The van der Waals surface area contributed by atoms with Crippen molar-refractivity contribution in [1.82, 2.24) is 15.0 Å². The molecule has 24 heavy (non-hydrogen) atoms. The largest absolute Gasteiger partial charge is 0.338 e. The molecule has 0 unspecified atom stereocenters. The highest BCUT2D eigenvalue weighted by molar-refractivity contribution is 5.53. The van der Waals surface area contributed by atoms with Crippen LogP contribution >= 0.6 is 0 Å². The van der Waals surface area contributed by atoms with Gasteiger partial charge in [0.1, 0.15) is 0 Å². The van der Waals surface area contributed by atoms with Crippen LogP contribution in [0.2, 0.25) is 0 Å². The van der Waals surface area contributed by atoms with Crippen LogP contribution in [-0.2, 0) is 6.54 Å². The summed E-state index contributed by atoms with van der Waals surface area (Å²) in [5, 5.41) is 4.12. The van der Waals surface area contributed by atoms with Crippen LogP contribution in [0.1, 0.15) is 30.2 Å². The average Bonchev–Trinajstić information content (AvgIpc) is 3.12. The van der Waals surface area contributed by atoms with Crippen molar-refractivity contribution in [3.63, 3.8) is 0 Å². The van der Waals surface area contributed by atoms with Gasteiger partial charge in [-0.15, -0.1) is 0 Å². The second kappa shape index (κ2) is 6.97. The maximum atomic E-state index is 5.46. The molecule has 1 aromatic heterocycles. The summed E-state index contributed by atoms with van der Waals surface area (Å²) in [7, 11) is 0. The first kappa shape index (κ1) is 15.1. The van der Waals surface area contributed by atoms with Crippen molar-refractivity contribution in [2.45, 2.75) is 25.3 Å². The van der Waals surface area contributed by atoms with Crippen LogP contribution in [0.4, 0.5) is 0 Å². The van der Waals surface area contributed by atoms with Gasteiger partial charge in [-0.3, -0.25) is 4.90 Å². The smallest absolute Gasteiger partial charge is 0.241 e. The molecule has 4 nitrogen and oxygen atoms in total. The molecule has 4 rings (SSSR count). The third-order valence-electron chi connectivity index (χ3n) is 4.64. The van der Waals surface area contributed by atoms with E-state index in [-0.39, 0.29) is 0 Å². The topological polar surface area (TPSA) is 42.2 Å². The second-order valence-corrected chi connectivity index (χ2v) is 6.36. The molecule has 1 atom stereocenters. The predicted molar refractivity (Wildman–Crippen MR) is 93.4 cm³/mol. The van der Waals surface area contributed by atoms with E-state index in [4.69, 9.17) is 4.52 Å². The minimum atomic E-state index is 0.594. The van der Waals surface area contributed by atoms with E-state index in [0.29, 0.717) is 17.6 Å². The number of nitrogens with zero attached hydrogens (tertiary/aromatic N) is 3. The lowest BCUT2D eigenvalue weighted by Gasteiger charge is -2.31. The van der Waals surface area contributed by atoms with Gasteiger partial charge in [-0.2, -0.15) is 4.98 Å². The molecule has 1 saturated heterocycles. The van der Waals surface area contributed by atoms with Gasteiger partial charge in [0.15, 0.2) is 0 Å². The normalized spacial score (nSPS) is 18.6. The van der Waals surface area contributed by atoms with Gasteiger partial charge >= 0.3 is 0 Å². The van der Waals surface area contributed by atoms with E-state index in [9.17, 15) is 0 Å². The van der Waals surface area contributed by atoms with E-state index < -0.39 is 0 Å². The number of hydrogen-bond acceptors (Lipinski definition) is 4. The van der Waals surface area contributed by atoms with Crippen molar-refractivity contribution in [1.29, 1.82) is 0 Å². The van der Waals surface area contributed by atoms with E-state index >= 15 is 0 Å². The van der Waals surface area contributed by atoms with Crippen molar-refractivity contribution in [3.05, 3.63) is 72.1 Å². The zero-order valence-electron chi connectivity index (χ0n) is 13.6. The number of hydrogen-bond donors (Lipinski definition) is 0. The first-order chi connectivity index (χ1) is 11.9. The minimum Gasteiger partial charge on any atom is -0.338 e. The number of benzene rings is 2. The Morgan fingerprint density at radius 1 is 1.00 bits per heavy atom. The Labute approximate surface area is 142 Å². The summed E-state index contributed by atoms with van der Waals surface area (Å²) < 4.78 is 5.46. The van der Waals surface area contributed by atoms with E-state index in [1.54, 1.807) is 0 Å². The molecule has 0 N–H and O–H groups in total. The molecule has 1 fully saturated rings. The van der Waals surface area contributed by atoms with Gasteiger partial charge in [-0.05, 0) is 30.9 Å². The van der Waals surface area contributed by atoms with E-state index in [1.807, 2.05) is 30.3 Å². The van der Waals surface area contributed by atoms with Crippen molar-refractivity contribution >= 4 is 0 Å². The number of piperidine rings is 1. The molecule has 0 aliphatic carbocycles. The third kappa shape index (κ3) is 3.39. The van der Waals surface area contributed by atoms with Crippen molar-refractivity contribution in [3.8, 4) is 11.4 Å².